The number of aliphatic hydroxyl groups excluding tert-OH is 1. The molecular weight excluding hydrogens is 178 g/mol. The molecular formula is C7H11NO3S. The minimum Gasteiger partial charge on any atom is -0.386 e. The Morgan fingerprint density at radius 2 is 2.33 bits per heavy atom. The van der Waals surface area contributed by atoms with Crippen LogP contribution in [0, 0.1) is 0 Å². The summed E-state index contributed by atoms with van der Waals surface area (Å²) in [5, 5.41) is 9.33. The third-order valence-corrected chi connectivity index (χ3v) is 2.36. The van der Waals surface area contributed by atoms with Crippen molar-refractivity contribution in [2.75, 3.05) is 12.0 Å². The highest BCUT2D eigenvalue weighted by Crippen LogP contribution is 2.11. The van der Waals surface area contributed by atoms with Crippen LogP contribution in [0.2, 0.25) is 0 Å². The number of hydrogen-bond acceptors (Lipinski definition) is 3. The molecule has 68 valence electrons. The second kappa shape index (κ2) is 3.28. The van der Waals surface area contributed by atoms with E-state index in [1.54, 1.807) is 18.3 Å². The highest BCUT2D eigenvalue weighted by atomic mass is 32.2. The lowest BCUT2D eigenvalue weighted by atomic mass is 10.3. The van der Waals surface area contributed by atoms with Crippen LogP contribution >= 0.6 is 0 Å². The molecule has 0 spiro atoms. The lowest BCUT2D eigenvalue weighted by molar-refractivity contribution is 0.197. The molecule has 0 fully saturated rings. The zero-order chi connectivity index (χ0) is 9.19. The van der Waals surface area contributed by atoms with Crippen molar-refractivity contribution >= 4 is 9.84 Å². The molecule has 1 aromatic rings. The lowest BCUT2D eigenvalue weighted by Gasteiger charge is -2.05. The summed E-state index contributed by atoms with van der Waals surface area (Å²) in [7, 11) is -3.12. The maximum Gasteiger partial charge on any atom is 0.150 e. The van der Waals surface area contributed by atoms with Crippen LogP contribution in [0.3, 0.4) is 0 Å². The molecule has 2 N–H and O–H groups in total. The Kier molecular flexibility index (Phi) is 2.54. The van der Waals surface area contributed by atoms with Gasteiger partial charge in [0.25, 0.3) is 0 Å². The van der Waals surface area contributed by atoms with Crippen molar-refractivity contribution in [2.24, 2.45) is 0 Å². The number of H-pyrrole nitrogens is 1. The maximum absolute atomic E-state index is 10.8. The van der Waals surface area contributed by atoms with Crippen LogP contribution in [-0.2, 0) is 9.84 Å². The standard InChI is InChI=1S/C7H11NO3S/c1-12(10,11)5-7(9)6-3-2-4-8-6/h2-4,7-9H,5H2,1H3. The van der Waals surface area contributed by atoms with Crippen molar-refractivity contribution in [3.8, 4) is 0 Å². The van der Waals surface area contributed by atoms with E-state index in [0.717, 1.165) is 6.26 Å². The van der Waals surface area contributed by atoms with Crippen LogP contribution in [-0.4, -0.2) is 30.5 Å². The van der Waals surface area contributed by atoms with Gasteiger partial charge < -0.3 is 10.1 Å². The third-order valence-electron chi connectivity index (χ3n) is 1.44. The molecule has 0 aliphatic heterocycles. The van der Waals surface area contributed by atoms with Gasteiger partial charge in [0, 0.05) is 18.1 Å². The fourth-order valence-electron chi connectivity index (χ4n) is 0.928. The first-order chi connectivity index (χ1) is 5.49. The monoisotopic (exact) mass is 189 g/mol. The van der Waals surface area contributed by atoms with Gasteiger partial charge in [0.2, 0.25) is 0 Å². The van der Waals surface area contributed by atoms with E-state index in [2.05, 4.69) is 4.98 Å². The van der Waals surface area contributed by atoms with E-state index in [1.165, 1.54) is 0 Å². The Bertz CT molecular complexity index is 328. The van der Waals surface area contributed by atoms with E-state index in [9.17, 15) is 13.5 Å². The van der Waals surface area contributed by atoms with Gasteiger partial charge in [-0.2, -0.15) is 0 Å². The molecule has 0 amide bonds. The SMILES string of the molecule is CS(=O)(=O)CC(O)c1ccc[nH]1. The summed E-state index contributed by atoms with van der Waals surface area (Å²) in [6.07, 6.45) is 1.79. The quantitative estimate of drug-likeness (QED) is 0.708. The average Bonchev–Trinajstić information content (AvgIpc) is 2.32. The molecule has 1 atom stereocenters. The summed E-state index contributed by atoms with van der Waals surface area (Å²) < 4.78 is 21.5. The molecule has 0 saturated carbocycles. The fourth-order valence-corrected chi connectivity index (χ4v) is 1.68. The Morgan fingerprint density at radius 1 is 1.67 bits per heavy atom. The smallest absolute Gasteiger partial charge is 0.150 e. The van der Waals surface area contributed by atoms with Gasteiger partial charge in [0.15, 0.2) is 0 Å². The Balaban J connectivity index is 2.68. The fraction of sp³-hybridized carbons (Fsp3) is 0.429. The molecule has 1 unspecified atom stereocenters. The van der Waals surface area contributed by atoms with E-state index >= 15 is 0 Å². The Morgan fingerprint density at radius 3 is 2.75 bits per heavy atom. The molecule has 4 nitrogen and oxygen atoms in total. The second-order valence-electron chi connectivity index (χ2n) is 2.73. The summed E-state index contributed by atoms with van der Waals surface area (Å²) >= 11 is 0. The van der Waals surface area contributed by atoms with Crippen molar-refractivity contribution in [1.29, 1.82) is 0 Å². The van der Waals surface area contributed by atoms with Crippen LogP contribution in [0.1, 0.15) is 11.8 Å². The van der Waals surface area contributed by atoms with Crippen molar-refractivity contribution in [3.05, 3.63) is 24.0 Å². The van der Waals surface area contributed by atoms with Gasteiger partial charge in [-0.3, -0.25) is 0 Å². The van der Waals surface area contributed by atoms with Crippen molar-refractivity contribution in [3.63, 3.8) is 0 Å². The summed E-state index contributed by atoms with van der Waals surface area (Å²) in [5.74, 6) is -0.243. The molecule has 0 aliphatic rings. The molecule has 12 heavy (non-hydrogen) atoms. The summed E-state index contributed by atoms with van der Waals surface area (Å²) in [6.45, 7) is 0. The summed E-state index contributed by atoms with van der Waals surface area (Å²) in [6, 6.07) is 3.36. The van der Waals surface area contributed by atoms with Crippen LogP contribution in [0.5, 0.6) is 0 Å². The summed E-state index contributed by atoms with van der Waals surface area (Å²) in [4.78, 5) is 2.75. The number of aliphatic hydroxyl groups is 1. The molecule has 1 heterocycles. The second-order valence-corrected chi connectivity index (χ2v) is 4.92. The van der Waals surface area contributed by atoms with Crippen molar-refractivity contribution < 1.29 is 13.5 Å². The van der Waals surface area contributed by atoms with Crippen LogP contribution in [0.4, 0.5) is 0 Å². The third kappa shape index (κ3) is 2.67. The molecule has 0 aromatic carbocycles. The van der Waals surface area contributed by atoms with Crippen molar-refractivity contribution in [2.45, 2.75) is 6.10 Å². The lowest BCUT2D eigenvalue weighted by Crippen LogP contribution is -2.12. The maximum atomic E-state index is 10.8. The van der Waals surface area contributed by atoms with Gasteiger partial charge in [0.1, 0.15) is 15.9 Å². The number of hydrogen-bond donors (Lipinski definition) is 2. The minimum atomic E-state index is -3.12. The molecule has 1 aromatic heterocycles. The van der Waals surface area contributed by atoms with E-state index in [1.807, 2.05) is 0 Å². The average molecular weight is 189 g/mol. The van der Waals surface area contributed by atoms with E-state index in [0.29, 0.717) is 5.69 Å². The van der Waals surface area contributed by atoms with Gasteiger partial charge in [-0.25, -0.2) is 8.42 Å². The Labute approximate surface area is 71.2 Å². The zero-order valence-corrected chi connectivity index (χ0v) is 7.50. The van der Waals surface area contributed by atoms with Crippen LogP contribution in [0.25, 0.3) is 0 Å². The van der Waals surface area contributed by atoms with Gasteiger partial charge in [-0.05, 0) is 12.1 Å². The van der Waals surface area contributed by atoms with Gasteiger partial charge in [-0.1, -0.05) is 0 Å². The topological polar surface area (TPSA) is 70.2 Å². The number of aromatic amines is 1. The first-order valence-electron chi connectivity index (χ1n) is 3.48. The molecule has 0 saturated heterocycles. The van der Waals surface area contributed by atoms with E-state index in [4.69, 9.17) is 0 Å². The van der Waals surface area contributed by atoms with Gasteiger partial charge in [-0.15, -0.1) is 0 Å². The highest BCUT2D eigenvalue weighted by molar-refractivity contribution is 7.90. The molecule has 0 aliphatic carbocycles. The van der Waals surface area contributed by atoms with E-state index < -0.39 is 15.9 Å². The first kappa shape index (κ1) is 9.28. The number of sulfone groups is 1. The largest absolute Gasteiger partial charge is 0.386 e. The van der Waals surface area contributed by atoms with Crippen molar-refractivity contribution in [1.82, 2.24) is 4.98 Å². The molecule has 0 radical (unpaired) electrons. The predicted molar refractivity (Wildman–Crippen MR) is 45.5 cm³/mol. The van der Waals surface area contributed by atoms with E-state index in [-0.39, 0.29) is 5.75 Å². The van der Waals surface area contributed by atoms with Crippen LogP contribution in [0.15, 0.2) is 18.3 Å². The molecule has 1 rings (SSSR count). The molecule has 0 bridgehead atoms. The number of aromatic nitrogens is 1. The first-order valence-corrected chi connectivity index (χ1v) is 5.54. The number of nitrogens with one attached hydrogen (secondary N) is 1. The van der Waals surface area contributed by atoms with Crippen LogP contribution < -0.4 is 0 Å². The van der Waals surface area contributed by atoms with Gasteiger partial charge >= 0.3 is 0 Å². The summed E-state index contributed by atoms with van der Waals surface area (Å²) in [5.41, 5.74) is 0.528. The molecule has 5 heteroatoms. The normalized spacial score (nSPS) is 14.5. The highest BCUT2D eigenvalue weighted by Gasteiger charge is 2.14. The van der Waals surface area contributed by atoms with Gasteiger partial charge in [0.05, 0.1) is 5.75 Å². The minimum absolute atomic E-state index is 0.243. The number of rotatable bonds is 3. The Hall–Kier alpha value is -0.810. The zero-order valence-electron chi connectivity index (χ0n) is 6.69. The predicted octanol–water partition coefficient (Wildman–Crippen LogP) is 0.0927.